The first-order valence-corrected chi connectivity index (χ1v) is 12.5. The second kappa shape index (κ2) is 8.66. The minimum absolute atomic E-state index is 0.0856. The lowest BCUT2D eigenvalue weighted by atomic mass is 9.57. The number of pyridine rings is 1. The molecule has 4 aliphatic carbocycles. The maximum atomic E-state index is 11.7. The summed E-state index contributed by atoms with van der Waals surface area (Å²) in [7, 11) is 0. The Morgan fingerprint density at radius 1 is 1.06 bits per heavy atom. The van der Waals surface area contributed by atoms with Crippen LogP contribution < -0.4 is 10.1 Å². The van der Waals surface area contributed by atoms with E-state index in [1.54, 1.807) is 0 Å². The third kappa shape index (κ3) is 4.24. The van der Waals surface area contributed by atoms with Gasteiger partial charge in [0.2, 0.25) is 0 Å². The highest BCUT2D eigenvalue weighted by Crippen LogP contribution is 2.52. The van der Waals surface area contributed by atoms with Crippen molar-refractivity contribution in [2.24, 2.45) is 11.3 Å². The second-order valence-corrected chi connectivity index (χ2v) is 10.5. The zero-order valence-corrected chi connectivity index (χ0v) is 19.2. The van der Waals surface area contributed by atoms with Crippen molar-refractivity contribution in [3.8, 4) is 5.75 Å². The zero-order chi connectivity index (χ0) is 22.2. The Morgan fingerprint density at radius 3 is 2.44 bits per heavy atom. The van der Waals surface area contributed by atoms with Gasteiger partial charge < -0.3 is 15.2 Å². The molecule has 0 aliphatic heterocycles. The van der Waals surface area contributed by atoms with Gasteiger partial charge in [-0.1, -0.05) is 19.4 Å². The minimum Gasteiger partial charge on any atom is -0.490 e. The highest BCUT2D eigenvalue weighted by atomic mass is 16.5. The van der Waals surface area contributed by atoms with Crippen molar-refractivity contribution < 1.29 is 14.6 Å². The van der Waals surface area contributed by atoms with Crippen LogP contribution in [0, 0.1) is 11.3 Å². The Morgan fingerprint density at radius 2 is 1.78 bits per heavy atom. The largest absolute Gasteiger partial charge is 0.490 e. The van der Waals surface area contributed by atoms with Crippen LogP contribution in [-0.2, 0) is 11.3 Å². The first-order chi connectivity index (χ1) is 15.5. The lowest BCUT2D eigenvalue weighted by Crippen LogP contribution is -2.56. The fourth-order valence-corrected chi connectivity index (χ4v) is 6.22. The number of rotatable bonds is 7. The maximum absolute atomic E-state index is 11.7. The molecule has 4 saturated carbocycles. The minimum atomic E-state index is -0.598. The average Bonchev–Trinajstić information content (AvgIpc) is 2.84. The predicted molar refractivity (Wildman–Crippen MR) is 126 cm³/mol. The number of ether oxygens (including phenoxy) is 1. The fourth-order valence-electron chi connectivity index (χ4n) is 6.22. The molecule has 6 rings (SSSR count). The van der Waals surface area contributed by atoms with Crippen LogP contribution >= 0.6 is 0 Å². The van der Waals surface area contributed by atoms with Gasteiger partial charge in [0.15, 0.2) is 0 Å². The molecule has 1 aromatic heterocycles. The van der Waals surface area contributed by atoms with Gasteiger partial charge in [0.05, 0.1) is 22.7 Å². The number of benzene rings is 1. The van der Waals surface area contributed by atoms with Gasteiger partial charge in [-0.3, -0.25) is 9.78 Å². The van der Waals surface area contributed by atoms with Crippen molar-refractivity contribution in [1.82, 2.24) is 10.3 Å². The number of aromatic nitrogens is 1. The monoisotopic (exact) mass is 436 g/mol. The van der Waals surface area contributed by atoms with Gasteiger partial charge in [-0.05, 0) is 94.4 Å². The van der Waals surface area contributed by atoms with E-state index in [9.17, 15) is 9.90 Å². The zero-order valence-electron chi connectivity index (χ0n) is 19.2. The number of carboxylic acids is 1. The number of carbonyl (C=O) groups is 1. The number of aliphatic carboxylic acids is 1. The third-order valence-electron chi connectivity index (χ3n) is 8.74. The van der Waals surface area contributed by atoms with Crippen molar-refractivity contribution in [3.05, 3.63) is 36.0 Å². The summed E-state index contributed by atoms with van der Waals surface area (Å²) in [5, 5.41) is 14.5. The van der Waals surface area contributed by atoms with Crippen molar-refractivity contribution in [2.75, 3.05) is 0 Å². The Bertz CT molecular complexity index is 955. The standard InChI is InChI=1S/C27H36N2O3/c1-2-19-3-7-22(8-4-19)32-23-9-10-24-20(17-23)5-6-21(29-24)18-28-27-14-11-26(12-15-27,13-16-27)25(30)31/h5-6,9-10,17,19,22,28H,2-4,7-8,11-16,18H2,1H3,(H,30,31). The highest BCUT2D eigenvalue weighted by Gasteiger charge is 2.52. The van der Waals surface area contributed by atoms with E-state index in [0.717, 1.165) is 86.2 Å². The van der Waals surface area contributed by atoms with Gasteiger partial charge in [0.1, 0.15) is 5.75 Å². The maximum Gasteiger partial charge on any atom is 0.309 e. The molecule has 0 amide bonds. The molecule has 1 aromatic carbocycles. The molecule has 4 aliphatic rings. The number of hydrogen-bond donors (Lipinski definition) is 2. The van der Waals surface area contributed by atoms with Gasteiger partial charge in [0, 0.05) is 17.5 Å². The van der Waals surface area contributed by atoms with Crippen molar-refractivity contribution in [1.29, 1.82) is 0 Å². The first kappa shape index (κ1) is 21.7. The lowest BCUT2D eigenvalue weighted by Gasteiger charge is -2.51. The number of hydrogen-bond acceptors (Lipinski definition) is 4. The average molecular weight is 437 g/mol. The van der Waals surface area contributed by atoms with Crippen LogP contribution in [0.3, 0.4) is 0 Å². The van der Waals surface area contributed by atoms with Crippen LogP contribution in [0.5, 0.6) is 5.75 Å². The van der Waals surface area contributed by atoms with Crippen LogP contribution in [-0.4, -0.2) is 27.7 Å². The summed E-state index contributed by atoms with van der Waals surface area (Å²) < 4.78 is 6.29. The molecule has 5 nitrogen and oxygen atoms in total. The van der Waals surface area contributed by atoms with E-state index < -0.39 is 11.4 Å². The number of nitrogens with one attached hydrogen (secondary N) is 1. The van der Waals surface area contributed by atoms with Crippen LogP contribution in [0.25, 0.3) is 10.9 Å². The van der Waals surface area contributed by atoms with E-state index in [-0.39, 0.29) is 5.54 Å². The van der Waals surface area contributed by atoms with E-state index in [4.69, 9.17) is 9.72 Å². The molecule has 172 valence electrons. The summed E-state index contributed by atoms with van der Waals surface area (Å²) in [6, 6.07) is 10.5. The summed E-state index contributed by atoms with van der Waals surface area (Å²) >= 11 is 0. The Hall–Kier alpha value is -2.14. The molecule has 2 aromatic rings. The van der Waals surface area contributed by atoms with Gasteiger partial charge in [-0.25, -0.2) is 0 Å². The van der Waals surface area contributed by atoms with Crippen LogP contribution in [0.15, 0.2) is 30.3 Å². The molecule has 4 fully saturated rings. The quantitative estimate of drug-likeness (QED) is 0.570. The summed E-state index contributed by atoms with van der Waals surface area (Å²) in [6.07, 6.45) is 11.8. The lowest BCUT2D eigenvalue weighted by molar-refractivity contribution is -0.156. The molecule has 1 heterocycles. The number of nitrogens with zero attached hydrogens (tertiary/aromatic N) is 1. The molecule has 0 unspecified atom stereocenters. The molecule has 0 atom stereocenters. The number of fused-ring (bicyclic) bond motifs is 4. The van der Waals surface area contributed by atoms with E-state index in [2.05, 4.69) is 42.6 Å². The van der Waals surface area contributed by atoms with E-state index in [1.807, 2.05) is 0 Å². The molecule has 0 saturated heterocycles. The van der Waals surface area contributed by atoms with Crippen molar-refractivity contribution in [2.45, 2.75) is 95.7 Å². The Balaban J connectivity index is 1.19. The van der Waals surface area contributed by atoms with Gasteiger partial charge in [0.25, 0.3) is 0 Å². The Kier molecular flexibility index (Phi) is 5.87. The molecule has 2 bridgehead atoms. The fraction of sp³-hybridized carbons (Fsp3) is 0.630. The molecular weight excluding hydrogens is 400 g/mol. The van der Waals surface area contributed by atoms with Crippen LogP contribution in [0.4, 0.5) is 0 Å². The Labute approximate surface area is 191 Å². The van der Waals surface area contributed by atoms with Crippen LogP contribution in [0.2, 0.25) is 0 Å². The molecule has 2 N–H and O–H groups in total. The third-order valence-corrected chi connectivity index (χ3v) is 8.74. The molecule has 32 heavy (non-hydrogen) atoms. The number of carboxylic acid groups (broad SMARTS) is 1. The molecule has 0 spiro atoms. The first-order valence-electron chi connectivity index (χ1n) is 12.5. The molecule has 5 heteroatoms. The SMILES string of the molecule is CCC1CCC(Oc2ccc3nc(CNC45CCC(C(=O)O)(CC4)CC5)ccc3c2)CC1. The topological polar surface area (TPSA) is 71.5 Å². The second-order valence-electron chi connectivity index (χ2n) is 10.5. The summed E-state index contributed by atoms with van der Waals surface area (Å²) in [6.45, 7) is 3.02. The van der Waals surface area contributed by atoms with E-state index >= 15 is 0 Å². The normalized spacial score (nSPS) is 32.2. The smallest absolute Gasteiger partial charge is 0.309 e. The van der Waals surface area contributed by atoms with E-state index in [0.29, 0.717) is 6.10 Å². The summed E-state index contributed by atoms with van der Waals surface area (Å²) in [5.41, 5.74) is 1.67. The van der Waals surface area contributed by atoms with Crippen LogP contribution in [0.1, 0.15) is 83.2 Å². The summed E-state index contributed by atoms with van der Waals surface area (Å²) in [4.78, 5) is 16.5. The molecular formula is C27H36N2O3. The van der Waals surface area contributed by atoms with Crippen molar-refractivity contribution >= 4 is 16.9 Å². The highest BCUT2D eigenvalue weighted by molar-refractivity contribution is 5.80. The van der Waals surface area contributed by atoms with Gasteiger partial charge in [-0.2, -0.15) is 0 Å². The van der Waals surface area contributed by atoms with Crippen molar-refractivity contribution in [3.63, 3.8) is 0 Å². The molecule has 0 radical (unpaired) electrons. The summed E-state index contributed by atoms with van der Waals surface area (Å²) in [5.74, 6) is 1.23. The van der Waals surface area contributed by atoms with Gasteiger partial charge >= 0.3 is 5.97 Å². The van der Waals surface area contributed by atoms with E-state index in [1.165, 1.54) is 19.3 Å². The predicted octanol–water partition coefficient (Wildman–Crippen LogP) is 5.85. The van der Waals surface area contributed by atoms with Gasteiger partial charge in [-0.15, -0.1) is 0 Å².